The molecule has 0 saturated heterocycles. The number of aromatic nitrogens is 4. The van der Waals surface area contributed by atoms with Gasteiger partial charge in [0, 0.05) is 60.3 Å². The summed E-state index contributed by atoms with van der Waals surface area (Å²) in [6, 6.07) is 76.8. The number of hydrogen-bond donors (Lipinski definition) is 0. The highest BCUT2D eigenvalue weighted by atomic mass is 16.3. The van der Waals surface area contributed by atoms with Crippen molar-refractivity contribution in [2.75, 3.05) is 0 Å². The van der Waals surface area contributed by atoms with Crippen LogP contribution < -0.4 is 0 Å². The van der Waals surface area contributed by atoms with Crippen molar-refractivity contribution in [1.29, 1.82) is 0 Å². The normalized spacial score (nSPS) is 12.1. The summed E-state index contributed by atoms with van der Waals surface area (Å²) in [4.78, 5) is 15.8. The van der Waals surface area contributed by atoms with Gasteiger partial charge in [-0.15, -0.1) is 0 Å². The predicted molar refractivity (Wildman–Crippen MR) is 283 cm³/mol. The van der Waals surface area contributed by atoms with E-state index >= 15 is 0 Å². The van der Waals surface area contributed by atoms with Gasteiger partial charge in [-0.05, 0) is 111 Å². The van der Waals surface area contributed by atoms with Gasteiger partial charge in [0.2, 0.25) is 0 Å². The Hall–Kier alpha value is -9.39. The third-order valence-electron chi connectivity index (χ3n) is 14.0. The van der Waals surface area contributed by atoms with Gasteiger partial charge in [0.25, 0.3) is 0 Å². The van der Waals surface area contributed by atoms with Crippen LogP contribution in [-0.4, -0.2) is 19.5 Å². The molecule has 4 heterocycles. The van der Waals surface area contributed by atoms with Crippen molar-refractivity contribution in [3.63, 3.8) is 0 Å². The van der Waals surface area contributed by atoms with E-state index in [-0.39, 0.29) is 0 Å². The first-order valence-corrected chi connectivity index (χ1v) is 23.3. The fraction of sp³-hybridized carbons (Fsp3) is 0. The Bertz CT molecular complexity index is 4580. The Labute approximate surface area is 394 Å². The van der Waals surface area contributed by atoms with Gasteiger partial charge in [-0.1, -0.05) is 146 Å². The maximum atomic E-state index is 6.87. The van der Waals surface area contributed by atoms with Crippen LogP contribution in [0, 0.1) is 0 Å². The lowest BCUT2D eigenvalue weighted by Crippen LogP contribution is -2.00. The molecule has 15 aromatic rings. The van der Waals surface area contributed by atoms with Crippen LogP contribution >= 0.6 is 0 Å². The lowest BCUT2D eigenvalue weighted by atomic mass is 9.93. The van der Waals surface area contributed by atoms with Crippen LogP contribution in [-0.2, 0) is 0 Å². The molecule has 0 fully saturated rings. The highest BCUT2D eigenvalue weighted by Gasteiger charge is 2.21. The van der Waals surface area contributed by atoms with E-state index in [1.54, 1.807) is 0 Å². The molecule has 11 aromatic carbocycles. The van der Waals surface area contributed by atoms with Gasteiger partial charge in [-0.25, -0.2) is 15.0 Å². The number of para-hydroxylation sites is 4. The van der Waals surface area contributed by atoms with Crippen molar-refractivity contribution < 1.29 is 8.83 Å². The van der Waals surface area contributed by atoms with E-state index in [4.69, 9.17) is 23.8 Å². The maximum Gasteiger partial charge on any atom is 0.164 e. The SMILES string of the molecule is c1ccc(-n2c3ccccc3c3c(-c4cccc5c4oc4ccc(-c6nc(-c7ccc8oc9ccccc9c8c7)nc(-c7ccc8c9ccccc9c9ccccc9c8c7)n6)cc45)cccc32)cc1. The molecule has 0 aliphatic heterocycles. The zero-order chi connectivity index (χ0) is 45.2. The van der Waals surface area contributed by atoms with Crippen molar-refractivity contribution in [1.82, 2.24) is 19.5 Å². The molecule has 0 radical (unpaired) electrons. The molecule has 0 spiro atoms. The molecule has 0 amide bonds. The van der Waals surface area contributed by atoms with E-state index in [2.05, 4.69) is 193 Å². The molecule has 15 rings (SSSR count). The van der Waals surface area contributed by atoms with Crippen LogP contribution in [0.25, 0.3) is 149 Å². The average molecular weight is 881 g/mol. The predicted octanol–water partition coefficient (Wildman–Crippen LogP) is 16.9. The van der Waals surface area contributed by atoms with Gasteiger partial charge in [0.1, 0.15) is 22.3 Å². The molecule has 0 bridgehead atoms. The van der Waals surface area contributed by atoms with Crippen LogP contribution in [0.3, 0.4) is 0 Å². The Morgan fingerprint density at radius 2 is 0.754 bits per heavy atom. The van der Waals surface area contributed by atoms with Gasteiger partial charge >= 0.3 is 0 Å². The molecular formula is C63H36N4O2. The molecule has 0 aliphatic carbocycles. The largest absolute Gasteiger partial charge is 0.456 e. The monoisotopic (exact) mass is 880 g/mol. The summed E-state index contributed by atoms with van der Waals surface area (Å²) in [7, 11) is 0. The minimum Gasteiger partial charge on any atom is -0.456 e. The summed E-state index contributed by atoms with van der Waals surface area (Å²) in [6.45, 7) is 0. The highest BCUT2D eigenvalue weighted by molar-refractivity contribution is 6.26. The van der Waals surface area contributed by atoms with Crippen LogP contribution in [0.2, 0.25) is 0 Å². The van der Waals surface area contributed by atoms with Crippen molar-refractivity contribution in [2.24, 2.45) is 0 Å². The molecule has 0 N–H and O–H groups in total. The standard InChI is InChI=1S/C63H36N4O2/c1-2-14-40(15-3-1)67-54-25-10-8-21-50(54)59-47(22-13-26-55(59)67)48-23-12-24-49-53-36-39(30-33-58(53)69-60(48)49)63-65-61(64-62(66-63)38-29-32-57-52(35-38)46-20-9-11-27-56(46)68-57)37-28-31-45-43-18-5-4-16-41(43)42-17-6-7-19-44(42)51(45)34-37/h1-36H. The molecule has 320 valence electrons. The number of hydrogen-bond acceptors (Lipinski definition) is 5. The third-order valence-corrected chi connectivity index (χ3v) is 14.0. The molecule has 4 aromatic heterocycles. The van der Waals surface area contributed by atoms with Crippen molar-refractivity contribution in [3.05, 3.63) is 218 Å². The van der Waals surface area contributed by atoms with Crippen LogP contribution in [0.1, 0.15) is 0 Å². The minimum absolute atomic E-state index is 0.571. The fourth-order valence-electron chi connectivity index (χ4n) is 10.9. The third kappa shape index (κ3) is 5.69. The first kappa shape index (κ1) is 37.8. The Balaban J connectivity index is 0.928. The smallest absolute Gasteiger partial charge is 0.164 e. The molecule has 69 heavy (non-hydrogen) atoms. The fourth-order valence-corrected chi connectivity index (χ4v) is 10.9. The van der Waals surface area contributed by atoms with Crippen LogP contribution in [0.15, 0.2) is 227 Å². The van der Waals surface area contributed by atoms with Gasteiger partial charge in [-0.2, -0.15) is 0 Å². The van der Waals surface area contributed by atoms with E-state index in [0.717, 1.165) is 93.8 Å². The minimum atomic E-state index is 0.571. The van der Waals surface area contributed by atoms with E-state index in [0.29, 0.717) is 17.5 Å². The van der Waals surface area contributed by atoms with Crippen molar-refractivity contribution in [2.45, 2.75) is 0 Å². The summed E-state index contributed by atoms with van der Waals surface area (Å²) in [6.07, 6.45) is 0. The number of benzene rings is 11. The van der Waals surface area contributed by atoms with E-state index in [1.165, 1.54) is 37.7 Å². The molecule has 6 nitrogen and oxygen atoms in total. The van der Waals surface area contributed by atoms with Gasteiger partial charge in [0.15, 0.2) is 17.5 Å². The lowest BCUT2D eigenvalue weighted by molar-refractivity contribution is 0.669. The second-order valence-corrected chi connectivity index (χ2v) is 17.8. The van der Waals surface area contributed by atoms with Crippen molar-refractivity contribution >= 4 is 98.0 Å². The van der Waals surface area contributed by atoms with Gasteiger partial charge in [0.05, 0.1) is 11.0 Å². The summed E-state index contributed by atoms with van der Waals surface area (Å²) >= 11 is 0. The Morgan fingerprint density at radius 1 is 0.290 bits per heavy atom. The second-order valence-electron chi connectivity index (χ2n) is 17.8. The molecule has 0 unspecified atom stereocenters. The summed E-state index contributed by atoms with van der Waals surface area (Å²) in [5.74, 6) is 1.74. The second kappa shape index (κ2) is 14.6. The number of rotatable bonds is 5. The highest BCUT2D eigenvalue weighted by Crippen LogP contribution is 2.44. The zero-order valence-corrected chi connectivity index (χ0v) is 36.9. The maximum absolute atomic E-state index is 6.87. The molecular weight excluding hydrogens is 845 g/mol. The first-order valence-electron chi connectivity index (χ1n) is 23.3. The number of furan rings is 2. The molecule has 0 aliphatic rings. The average Bonchev–Trinajstić information content (AvgIpc) is 4.10. The van der Waals surface area contributed by atoms with Gasteiger partial charge in [-0.3, -0.25) is 0 Å². The quantitative estimate of drug-likeness (QED) is 0.161. The zero-order valence-electron chi connectivity index (χ0n) is 36.9. The summed E-state index contributed by atoms with van der Waals surface area (Å²) < 4.78 is 15.5. The van der Waals surface area contributed by atoms with E-state index in [1.807, 2.05) is 30.3 Å². The Morgan fingerprint density at radius 3 is 1.45 bits per heavy atom. The van der Waals surface area contributed by atoms with E-state index in [9.17, 15) is 0 Å². The summed E-state index contributed by atoms with van der Waals surface area (Å²) in [5, 5.41) is 13.7. The van der Waals surface area contributed by atoms with Crippen molar-refractivity contribution in [3.8, 4) is 51.0 Å². The molecule has 0 atom stereocenters. The first-order chi connectivity index (χ1) is 34.2. The van der Waals surface area contributed by atoms with Crippen LogP contribution in [0.5, 0.6) is 0 Å². The number of nitrogens with zero attached hydrogens (tertiary/aromatic N) is 4. The topological polar surface area (TPSA) is 69.9 Å². The van der Waals surface area contributed by atoms with Crippen LogP contribution in [0.4, 0.5) is 0 Å². The Kier molecular flexibility index (Phi) is 7.97. The summed E-state index contributed by atoms with van der Waals surface area (Å²) in [5.41, 5.74) is 11.5. The van der Waals surface area contributed by atoms with E-state index < -0.39 is 0 Å². The lowest BCUT2D eigenvalue weighted by Gasteiger charge is -2.12. The molecule has 6 heteroatoms. The molecule has 0 saturated carbocycles. The van der Waals surface area contributed by atoms with Gasteiger partial charge < -0.3 is 13.4 Å². The number of fused-ring (bicyclic) bond motifs is 15.